The predicted octanol–water partition coefficient (Wildman–Crippen LogP) is 3.69. The van der Waals surface area contributed by atoms with E-state index < -0.39 is 0 Å². The zero-order valence-corrected chi connectivity index (χ0v) is 10.1. The second-order valence-corrected chi connectivity index (χ2v) is 4.11. The fourth-order valence-corrected chi connectivity index (χ4v) is 1.50. The van der Waals surface area contributed by atoms with Gasteiger partial charge in [0.2, 0.25) is 0 Å². The van der Waals surface area contributed by atoms with E-state index in [0.717, 1.165) is 17.2 Å². The van der Waals surface area contributed by atoms with Gasteiger partial charge in [-0.15, -0.1) is 0 Å². The average Bonchev–Trinajstić information content (AvgIpc) is 2.32. The molecule has 0 bridgehead atoms. The molecule has 0 spiro atoms. The van der Waals surface area contributed by atoms with Crippen LogP contribution in [0.3, 0.4) is 0 Å². The highest BCUT2D eigenvalue weighted by Crippen LogP contribution is 2.22. The summed E-state index contributed by atoms with van der Waals surface area (Å²) in [4.78, 5) is 4.00. The van der Waals surface area contributed by atoms with Gasteiger partial charge in [0.15, 0.2) is 0 Å². The Hall–Kier alpha value is -2.03. The Labute approximate surface area is 101 Å². The Kier molecular flexibility index (Phi) is 3.60. The van der Waals surface area contributed by atoms with Gasteiger partial charge in [-0.2, -0.15) is 0 Å². The SMILES string of the molecule is CC(C)Nc1ccc(Oc2cccnc2)cc1. The molecule has 0 aliphatic rings. The van der Waals surface area contributed by atoms with E-state index in [9.17, 15) is 0 Å². The van der Waals surface area contributed by atoms with Crippen LogP contribution in [0.1, 0.15) is 13.8 Å². The molecule has 0 fully saturated rings. The topological polar surface area (TPSA) is 34.1 Å². The van der Waals surface area contributed by atoms with Crippen LogP contribution in [0.25, 0.3) is 0 Å². The number of hydrogen-bond acceptors (Lipinski definition) is 3. The molecule has 0 aliphatic carbocycles. The minimum absolute atomic E-state index is 0.431. The molecule has 0 radical (unpaired) electrons. The second-order valence-electron chi connectivity index (χ2n) is 4.11. The molecular weight excluding hydrogens is 212 g/mol. The summed E-state index contributed by atoms with van der Waals surface area (Å²) in [7, 11) is 0. The molecule has 0 atom stereocenters. The van der Waals surface area contributed by atoms with Crippen molar-refractivity contribution in [1.29, 1.82) is 0 Å². The third-order valence-electron chi connectivity index (χ3n) is 2.18. The first kappa shape index (κ1) is 11.5. The highest BCUT2D eigenvalue weighted by Gasteiger charge is 1.98. The Morgan fingerprint density at radius 2 is 1.82 bits per heavy atom. The van der Waals surface area contributed by atoms with Crippen molar-refractivity contribution in [2.24, 2.45) is 0 Å². The predicted molar refractivity (Wildman–Crippen MR) is 69.5 cm³/mol. The molecule has 0 saturated heterocycles. The van der Waals surface area contributed by atoms with Crippen LogP contribution in [0.15, 0.2) is 48.8 Å². The molecule has 0 aliphatic heterocycles. The number of hydrogen-bond donors (Lipinski definition) is 1. The molecule has 0 amide bonds. The van der Waals surface area contributed by atoms with Crippen LogP contribution in [0.4, 0.5) is 5.69 Å². The number of nitrogens with zero attached hydrogens (tertiary/aromatic N) is 1. The van der Waals surface area contributed by atoms with Gasteiger partial charge in [-0.05, 0) is 50.2 Å². The van der Waals surface area contributed by atoms with Gasteiger partial charge in [-0.1, -0.05) is 0 Å². The number of ether oxygens (including phenoxy) is 1. The van der Waals surface area contributed by atoms with Gasteiger partial charge in [0, 0.05) is 17.9 Å². The van der Waals surface area contributed by atoms with E-state index in [0.29, 0.717) is 6.04 Å². The number of nitrogens with one attached hydrogen (secondary N) is 1. The van der Waals surface area contributed by atoms with Crippen molar-refractivity contribution in [2.45, 2.75) is 19.9 Å². The Balaban J connectivity index is 2.03. The molecule has 0 saturated carbocycles. The maximum atomic E-state index is 5.65. The molecule has 1 N–H and O–H groups in total. The van der Waals surface area contributed by atoms with Gasteiger partial charge in [0.05, 0.1) is 6.20 Å². The van der Waals surface area contributed by atoms with E-state index in [-0.39, 0.29) is 0 Å². The number of rotatable bonds is 4. The zero-order valence-electron chi connectivity index (χ0n) is 10.1. The van der Waals surface area contributed by atoms with Gasteiger partial charge in [0.25, 0.3) is 0 Å². The molecule has 3 heteroatoms. The summed E-state index contributed by atoms with van der Waals surface area (Å²) in [5, 5.41) is 3.33. The summed E-state index contributed by atoms with van der Waals surface area (Å²) in [6.07, 6.45) is 3.42. The molecule has 2 rings (SSSR count). The molecule has 2 aromatic rings. The molecule has 3 nitrogen and oxygen atoms in total. The summed E-state index contributed by atoms with van der Waals surface area (Å²) in [6.45, 7) is 4.22. The average molecular weight is 228 g/mol. The quantitative estimate of drug-likeness (QED) is 0.866. The molecular formula is C14H16N2O. The third kappa shape index (κ3) is 3.48. The first-order valence-corrected chi connectivity index (χ1v) is 5.68. The highest BCUT2D eigenvalue weighted by atomic mass is 16.5. The summed E-state index contributed by atoms with van der Waals surface area (Å²) in [6, 6.07) is 12.1. The van der Waals surface area contributed by atoms with Crippen molar-refractivity contribution in [2.75, 3.05) is 5.32 Å². The third-order valence-corrected chi connectivity index (χ3v) is 2.18. The maximum Gasteiger partial charge on any atom is 0.145 e. The van der Waals surface area contributed by atoms with Gasteiger partial charge >= 0.3 is 0 Å². The standard InChI is InChI=1S/C14H16N2O/c1-11(2)16-12-5-7-13(8-6-12)17-14-4-3-9-15-10-14/h3-11,16H,1-2H3. The lowest BCUT2D eigenvalue weighted by Crippen LogP contribution is -2.09. The van der Waals surface area contributed by atoms with E-state index in [1.807, 2.05) is 36.4 Å². The smallest absolute Gasteiger partial charge is 0.145 e. The minimum atomic E-state index is 0.431. The van der Waals surface area contributed by atoms with E-state index >= 15 is 0 Å². The summed E-state index contributed by atoms with van der Waals surface area (Å²) < 4.78 is 5.65. The first-order chi connectivity index (χ1) is 8.24. The van der Waals surface area contributed by atoms with Gasteiger partial charge in [0.1, 0.15) is 11.5 Å². The first-order valence-electron chi connectivity index (χ1n) is 5.68. The second kappa shape index (κ2) is 5.34. The van der Waals surface area contributed by atoms with Crippen molar-refractivity contribution < 1.29 is 4.74 Å². The van der Waals surface area contributed by atoms with Crippen LogP contribution in [0.5, 0.6) is 11.5 Å². The minimum Gasteiger partial charge on any atom is -0.456 e. The van der Waals surface area contributed by atoms with Crippen molar-refractivity contribution in [1.82, 2.24) is 4.98 Å². The molecule has 1 aromatic carbocycles. The van der Waals surface area contributed by atoms with E-state index in [1.165, 1.54) is 0 Å². The Bertz CT molecular complexity index is 451. The van der Waals surface area contributed by atoms with E-state index in [2.05, 4.69) is 24.1 Å². The summed E-state index contributed by atoms with van der Waals surface area (Å²) in [5.74, 6) is 1.56. The largest absolute Gasteiger partial charge is 0.456 e. The molecule has 88 valence electrons. The lowest BCUT2D eigenvalue weighted by Gasteiger charge is -2.10. The molecule has 0 unspecified atom stereocenters. The molecule has 17 heavy (non-hydrogen) atoms. The van der Waals surface area contributed by atoms with Crippen LogP contribution in [-0.2, 0) is 0 Å². The van der Waals surface area contributed by atoms with Crippen LogP contribution >= 0.6 is 0 Å². The van der Waals surface area contributed by atoms with Gasteiger partial charge < -0.3 is 10.1 Å². The fourth-order valence-electron chi connectivity index (χ4n) is 1.50. The number of benzene rings is 1. The number of pyridine rings is 1. The highest BCUT2D eigenvalue weighted by molar-refractivity contribution is 5.47. The summed E-state index contributed by atoms with van der Waals surface area (Å²) in [5.41, 5.74) is 1.10. The van der Waals surface area contributed by atoms with E-state index in [1.54, 1.807) is 12.4 Å². The lowest BCUT2D eigenvalue weighted by atomic mass is 10.2. The number of anilines is 1. The molecule has 1 aromatic heterocycles. The van der Waals surface area contributed by atoms with Crippen LogP contribution in [0.2, 0.25) is 0 Å². The van der Waals surface area contributed by atoms with Crippen molar-refractivity contribution in [3.05, 3.63) is 48.8 Å². The van der Waals surface area contributed by atoms with Crippen LogP contribution in [-0.4, -0.2) is 11.0 Å². The lowest BCUT2D eigenvalue weighted by molar-refractivity contribution is 0.480. The van der Waals surface area contributed by atoms with Crippen molar-refractivity contribution in [3.8, 4) is 11.5 Å². The maximum absolute atomic E-state index is 5.65. The normalized spacial score (nSPS) is 10.3. The fraction of sp³-hybridized carbons (Fsp3) is 0.214. The van der Waals surface area contributed by atoms with Gasteiger partial charge in [-0.3, -0.25) is 4.98 Å². The summed E-state index contributed by atoms with van der Waals surface area (Å²) >= 11 is 0. The molecule has 1 heterocycles. The number of aromatic nitrogens is 1. The van der Waals surface area contributed by atoms with Crippen LogP contribution in [0, 0.1) is 0 Å². The monoisotopic (exact) mass is 228 g/mol. The van der Waals surface area contributed by atoms with Crippen molar-refractivity contribution >= 4 is 5.69 Å². The van der Waals surface area contributed by atoms with Gasteiger partial charge in [-0.25, -0.2) is 0 Å². The Morgan fingerprint density at radius 3 is 2.41 bits per heavy atom. The van der Waals surface area contributed by atoms with Crippen LogP contribution < -0.4 is 10.1 Å². The zero-order chi connectivity index (χ0) is 12.1. The van der Waals surface area contributed by atoms with Crippen molar-refractivity contribution in [3.63, 3.8) is 0 Å². The Morgan fingerprint density at radius 1 is 1.06 bits per heavy atom. The van der Waals surface area contributed by atoms with E-state index in [4.69, 9.17) is 4.74 Å².